The number of rotatable bonds is 5. The van der Waals surface area contributed by atoms with Gasteiger partial charge in [0, 0.05) is 35.8 Å². The molecule has 0 bridgehead atoms. The summed E-state index contributed by atoms with van der Waals surface area (Å²) in [5.74, 6) is 1.24. The van der Waals surface area contributed by atoms with E-state index < -0.39 is 0 Å². The molecule has 1 aliphatic rings. The Bertz CT molecular complexity index is 304. The summed E-state index contributed by atoms with van der Waals surface area (Å²) in [7, 11) is 0. The molecule has 1 aromatic rings. The van der Waals surface area contributed by atoms with Crippen LogP contribution in [-0.4, -0.2) is 27.0 Å². The van der Waals surface area contributed by atoms with Crippen LogP contribution in [0.15, 0.2) is 18.7 Å². The average molecular weight is 237 g/mol. The van der Waals surface area contributed by atoms with E-state index in [0.717, 1.165) is 11.8 Å². The molecule has 1 N–H and O–H groups in total. The van der Waals surface area contributed by atoms with Gasteiger partial charge >= 0.3 is 0 Å². The van der Waals surface area contributed by atoms with Gasteiger partial charge in [-0.25, -0.2) is 9.97 Å². The number of nitrogens with zero attached hydrogens (tertiary/aromatic N) is 2. The Kier molecular flexibility index (Phi) is 4.60. The number of hydrogen-bond donors (Lipinski definition) is 1. The number of thioether (sulfide) groups is 1. The topological polar surface area (TPSA) is 37.8 Å². The van der Waals surface area contributed by atoms with Crippen LogP contribution >= 0.6 is 11.8 Å². The summed E-state index contributed by atoms with van der Waals surface area (Å²) in [5, 5.41) is 4.46. The van der Waals surface area contributed by atoms with Gasteiger partial charge in [-0.05, 0) is 25.0 Å². The summed E-state index contributed by atoms with van der Waals surface area (Å²) in [6.45, 7) is 3.14. The van der Waals surface area contributed by atoms with Gasteiger partial charge < -0.3 is 5.32 Å². The van der Waals surface area contributed by atoms with E-state index in [1.807, 2.05) is 12.4 Å². The fourth-order valence-corrected chi connectivity index (χ4v) is 3.34. The van der Waals surface area contributed by atoms with Crippen LogP contribution in [0.3, 0.4) is 0 Å². The zero-order valence-electron chi connectivity index (χ0n) is 9.72. The van der Waals surface area contributed by atoms with Crippen LogP contribution < -0.4 is 5.32 Å². The SMILES string of the molecule is CCSC1CCC(NCc2cncnc2)C1. The van der Waals surface area contributed by atoms with Crippen molar-refractivity contribution in [2.75, 3.05) is 5.75 Å². The molecule has 0 radical (unpaired) electrons. The van der Waals surface area contributed by atoms with Crippen molar-refractivity contribution >= 4 is 11.8 Å². The molecule has 1 aromatic heterocycles. The standard InChI is InChI=1S/C12H19N3S/c1-2-16-12-4-3-11(5-12)15-8-10-6-13-9-14-7-10/h6-7,9,11-12,15H,2-5,8H2,1H3. The van der Waals surface area contributed by atoms with Crippen molar-refractivity contribution in [3.05, 3.63) is 24.3 Å². The highest BCUT2D eigenvalue weighted by Crippen LogP contribution is 2.29. The molecule has 1 aliphatic carbocycles. The average Bonchev–Trinajstić information content (AvgIpc) is 2.76. The third-order valence-electron chi connectivity index (χ3n) is 3.00. The Hall–Kier alpha value is -0.610. The highest BCUT2D eigenvalue weighted by atomic mass is 32.2. The Morgan fingerprint density at radius 3 is 2.94 bits per heavy atom. The zero-order chi connectivity index (χ0) is 11.2. The maximum atomic E-state index is 4.02. The lowest BCUT2D eigenvalue weighted by molar-refractivity contribution is 0.524. The van der Waals surface area contributed by atoms with Crippen molar-refractivity contribution in [1.29, 1.82) is 0 Å². The summed E-state index contributed by atoms with van der Waals surface area (Å²) >= 11 is 2.10. The second-order valence-electron chi connectivity index (χ2n) is 4.21. The van der Waals surface area contributed by atoms with Gasteiger partial charge in [0.2, 0.25) is 0 Å². The van der Waals surface area contributed by atoms with Gasteiger partial charge in [-0.3, -0.25) is 0 Å². The molecule has 0 spiro atoms. The molecule has 2 atom stereocenters. The summed E-state index contributed by atoms with van der Waals surface area (Å²) in [4.78, 5) is 8.04. The highest BCUT2D eigenvalue weighted by Gasteiger charge is 2.23. The lowest BCUT2D eigenvalue weighted by atomic mass is 10.2. The lowest BCUT2D eigenvalue weighted by Gasteiger charge is -2.12. The maximum Gasteiger partial charge on any atom is 0.115 e. The second kappa shape index (κ2) is 6.21. The van der Waals surface area contributed by atoms with Crippen LogP contribution in [0.1, 0.15) is 31.7 Å². The fourth-order valence-electron chi connectivity index (χ4n) is 2.20. The lowest BCUT2D eigenvalue weighted by Crippen LogP contribution is -2.26. The minimum absolute atomic E-state index is 0.684. The Balaban J connectivity index is 1.72. The molecule has 0 amide bonds. The van der Waals surface area contributed by atoms with Gasteiger partial charge in [0.15, 0.2) is 0 Å². The first-order valence-corrected chi connectivity index (χ1v) is 7.02. The molecule has 1 saturated carbocycles. The van der Waals surface area contributed by atoms with Gasteiger partial charge in [0.1, 0.15) is 6.33 Å². The first-order valence-electron chi connectivity index (χ1n) is 5.97. The molecule has 0 aromatic carbocycles. The van der Waals surface area contributed by atoms with Gasteiger partial charge in [0.25, 0.3) is 0 Å². The molecule has 0 saturated heterocycles. The highest BCUT2D eigenvalue weighted by molar-refractivity contribution is 7.99. The van der Waals surface area contributed by atoms with Crippen molar-refractivity contribution in [2.24, 2.45) is 0 Å². The summed E-state index contributed by atoms with van der Waals surface area (Å²) in [6.07, 6.45) is 9.33. The van der Waals surface area contributed by atoms with E-state index in [0.29, 0.717) is 6.04 Å². The van der Waals surface area contributed by atoms with Crippen molar-refractivity contribution in [3.63, 3.8) is 0 Å². The fraction of sp³-hybridized carbons (Fsp3) is 0.667. The molecular weight excluding hydrogens is 218 g/mol. The normalized spacial score (nSPS) is 24.8. The Morgan fingerprint density at radius 2 is 2.19 bits per heavy atom. The Morgan fingerprint density at radius 1 is 1.38 bits per heavy atom. The first kappa shape index (κ1) is 11.9. The van der Waals surface area contributed by atoms with Crippen molar-refractivity contribution in [3.8, 4) is 0 Å². The molecule has 1 heterocycles. The summed E-state index contributed by atoms with van der Waals surface area (Å²) in [6, 6.07) is 0.684. The van der Waals surface area contributed by atoms with Crippen LogP contribution in [-0.2, 0) is 6.54 Å². The third-order valence-corrected chi connectivity index (χ3v) is 4.23. The predicted octanol–water partition coefficient (Wildman–Crippen LogP) is 2.24. The predicted molar refractivity (Wildman–Crippen MR) is 68.4 cm³/mol. The van der Waals surface area contributed by atoms with Crippen LogP contribution in [0.4, 0.5) is 0 Å². The molecule has 16 heavy (non-hydrogen) atoms. The molecule has 2 unspecified atom stereocenters. The van der Waals surface area contributed by atoms with Gasteiger partial charge in [0.05, 0.1) is 0 Å². The molecule has 1 fully saturated rings. The van der Waals surface area contributed by atoms with Crippen molar-refractivity contribution in [1.82, 2.24) is 15.3 Å². The van der Waals surface area contributed by atoms with Crippen LogP contribution in [0.2, 0.25) is 0 Å². The van der Waals surface area contributed by atoms with E-state index >= 15 is 0 Å². The first-order chi connectivity index (χ1) is 7.88. The van der Waals surface area contributed by atoms with E-state index in [1.54, 1.807) is 6.33 Å². The van der Waals surface area contributed by atoms with Crippen LogP contribution in [0, 0.1) is 0 Å². The minimum Gasteiger partial charge on any atom is -0.310 e. The van der Waals surface area contributed by atoms with E-state index in [4.69, 9.17) is 0 Å². The van der Waals surface area contributed by atoms with Crippen molar-refractivity contribution < 1.29 is 0 Å². The molecule has 4 heteroatoms. The third kappa shape index (κ3) is 3.46. The summed E-state index contributed by atoms with van der Waals surface area (Å²) < 4.78 is 0. The zero-order valence-corrected chi connectivity index (χ0v) is 10.5. The summed E-state index contributed by atoms with van der Waals surface area (Å²) in [5.41, 5.74) is 1.18. The molecule has 3 nitrogen and oxygen atoms in total. The van der Waals surface area contributed by atoms with Crippen molar-refractivity contribution in [2.45, 2.75) is 44.0 Å². The van der Waals surface area contributed by atoms with Gasteiger partial charge in [-0.15, -0.1) is 0 Å². The molecule has 2 rings (SSSR count). The van der Waals surface area contributed by atoms with Crippen LogP contribution in [0.5, 0.6) is 0 Å². The molecule has 88 valence electrons. The van der Waals surface area contributed by atoms with Gasteiger partial charge in [-0.1, -0.05) is 6.92 Å². The van der Waals surface area contributed by atoms with E-state index in [-0.39, 0.29) is 0 Å². The molecule has 0 aliphatic heterocycles. The number of hydrogen-bond acceptors (Lipinski definition) is 4. The van der Waals surface area contributed by atoms with E-state index in [2.05, 4.69) is 34.0 Å². The quantitative estimate of drug-likeness (QED) is 0.852. The minimum atomic E-state index is 0.684. The number of nitrogens with one attached hydrogen (secondary N) is 1. The Labute approximate surface area is 101 Å². The number of aromatic nitrogens is 2. The largest absolute Gasteiger partial charge is 0.310 e. The van der Waals surface area contributed by atoms with Gasteiger partial charge in [-0.2, -0.15) is 11.8 Å². The van der Waals surface area contributed by atoms with E-state index in [1.165, 1.54) is 30.6 Å². The van der Waals surface area contributed by atoms with E-state index in [9.17, 15) is 0 Å². The maximum absolute atomic E-state index is 4.02. The molecular formula is C12H19N3S. The van der Waals surface area contributed by atoms with Crippen LogP contribution in [0.25, 0.3) is 0 Å². The smallest absolute Gasteiger partial charge is 0.115 e. The second-order valence-corrected chi connectivity index (χ2v) is 5.79. The monoisotopic (exact) mass is 237 g/mol.